The summed E-state index contributed by atoms with van der Waals surface area (Å²) >= 11 is 0. The van der Waals surface area contributed by atoms with Gasteiger partial charge in [-0.25, -0.2) is 4.79 Å². The zero-order valence-electron chi connectivity index (χ0n) is 21.6. The van der Waals surface area contributed by atoms with E-state index in [1.54, 1.807) is 25.7 Å². The van der Waals surface area contributed by atoms with E-state index in [-0.39, 0.29) is 18.0 Å². The molecule has 0 spiro atoms. The summed E-state index contributed by atoms with van der Waals surface area (Å²) in [6.07, 6.45) is 2.47. The summed E-state index contributed by atoms with van der Waals surface area (Å²) < 4.78 is 5.27. The minimum Gasteiger partial charge on any atom is -0.444 e. The van der Waals surface area contributed by atoms with E-state index in [1.807, 2.05) is 39.0 Å². The standard InChI is InChI=1S/C26H41N3O5/c1-8-9-18(4)27-23(31)22(20-14-16(2)10-11-17(20)3)29(19-12-13-19)24(32)21(15-30)28-25(33)34-26(5,6)7/h10-11,14,18-19,21-22,30H,8-9,12-13,15H2,1-7H3,(H,27,31)(H,28,33). The van der Waals surface area contributed by atoms with Crippen LogP contribution in [-0.2, 0) is 14.3 Å². The Bertz CT molecular complexity index is 876. The molecule has 0 bridgehead atoms. The SMILES string of the molecule is CCCC(C)NC(=O)C(c1cc(C)ccc1C)N(C(=O)C(CO)NC(=O)OC(C)(C)C)C1CC1. The molecule has 3 atom stereocenters. The number of rotatable bonds is 10. The summed E-state index contributed by atoms with van der Waals surface area (Å²) in [5.74, 6) is -0.760. The van der Waals surface area contributed by atoms with Gasteiger partial charge in [0.1, 0.15) is 17.7 Å². The van der Waals surface area contributed by atoms with E-state index >= 15 is 0 Å². The quantitative estimate of drug-likeness (QED) is 0.480. The van der Waals surface area contributed by atoms with Crippen molar-refractivity contribution in [2.45, 2.75) is 104 Å². The highest BCUT2D eigenvalue weighted by Crippen LogP contribution is 2.37. The monoisotopic (exact) mass is 475 g/mol. The highest BCUT2D eigenvalue weighted by Gasteiger charge is 2.44. The Hall–Kier alpha value is -2.61. The first-order valence-electron chi connectivity index (χ1n) is 12.2. The van der Waals surface area contributed by atoms with Gasteiger partial charge in [0.05, 0.1) is 6.61 Å². The van der Waals surface area contributed by atoms with Crippen LogP contribution in [0.15, 0.2) is 18.2 Å². The first-order chi connectivity index (χ1) is 15.9. The van der Waals surface area contributed by atoms with Crippen LogP contribution in [0, 0.1) is 13.8 Å². The van der Waals surface area contributed by atoms with Gasteiger partial charge < -0.3 is 25.4 Å². The third-order valence-corrected chi connectivity index (χ3v) is 5.73. The lowest BCUT2D eigenvalue weighted by atomic mass is 9.95. The largest absolute Gasteiger partial charge is 0.444 e. The molecule has 3 unspecified atom stereocenters. The molecule has 8 heteroatoms. The van der Waals surface area contributed by atoms with Crippen molar-refractivity contribution < 1.29 is 24.2 Å². The maximum atomic E-state index is 13.7. The number of nitrogens with zero attached hydrogens (tertiary/aromatic N) is 1. The van der Waals surface area contributed by atoms with Gasteiger partial charge in [-0.3, -0.25) is 9.59 Å². The second-order valence-corrected chi connectivity index (χ2v) is 10.3. The van der Waals surface area contributed by atoms with Crippen molar-refractivity contribution in [1.29, 1.82) is 0 Å². The number of ether oxygens (including phenoxy) is 1. The molecule has 8 nitrogen and oxygen atoms in total. The van der Waals surface area contributed by atoms with E-state index in [0.717, 1.165) is 42.4 Å². The van der Waals surface area contributed by atoms with E-state index in [2.05, 4.69) is 17.6 Å². The Labute approximate surface area is 203 Å². The summed E-state index contributed by atoms with van der Waals surface area (Å²) in [4.78, 5) is 41.2. The van der Waals surface area contributed by atoms with Gasteiger partial charge >= 0.3 is 6.09 Å². The van der Waals surface area contributed by atoms with E-state index in [0.29, 0.717) is 0 Å². The van der Waals surface area contributed by atoms with Crippen molar-refractivity contribution in [3.63, 3.8) is 0 Å². The summed E-state index contributed by atoms with van der Waals surface area (Å²) in [5, 5.41) is 15.5. The molecule has 3 amide bonds. The predicted octanol–water partition coefficient (Wildman–Crippen LogP) is 3.53. The number of carbonyl (C=O) groups is 3. The lowest BCUT2D eigenvalue weighted by Crippen LogP contribution is -2.55. The minimum atomic E-state index is -1.22. The highest BCUT2D eigenvalue weighted by molar-refractivity contribution is 5.93. The molecule has 1 aromatic rings. The number of aliphatic hydroxyl groups is 1. The van der Waals surface area contributed by atoms with Gasteiger partial charge in [-0.15, -0.1) is 0 Å². The maximum Gasteiger partial charge on any atom is 0.408 e. The molecule has 2 rings (SSSR count). The maximum absolute atomic E-state index is 13.7. The van der Waals surface area contributed by atoms with Crippen LogP contribution < -0.4 is 10.6 Å². The topological polar surface area (TPSA) is 108 Å². The smallest absolute Gasteiger partial charge is 0.408 e. The van der Waals surface area contributed by atoms with Gasteiger partial charge in [-0.2, -0.15) is 0 Å². The molecule has 0 heterocycles. The molecule has 1 saturated carbocycles. The van der Waals surface area contributed by atoms with Gasteiger partial charge in [-0.1, -0.05) is 37.1 Å². The Morgan fingerprint density at radius 2 is 1.82 bits per heavy atom. The number of hydrogen-bond donors (Lipinski definition) is 3. The second-order valence-electron chi connectivity index (χ2n) is 10.3. The van der Waals surface area contributed by atoms with E-state index < -0.39 is 36.3 Å². The van der Waals surface area contributed by atoms with Crippen LogP contribution in [0.4, 0.5) is 4.79 Å². The summed E-state index contributed by atoms with van der Waals surface area (Å²) in [5.41, 5.74) is 1.87. The van der Waals surface area contributed by atoms with Gasteiger partial charge in [0.15, 0.2) is 0 Å². The molecule has 0 aromatic heterocycles. The molecular formula is C26H41N3O5. The fourth-order valence-electron chi connectivity index (χ4n) is 3.98. The minimum absolute atomic E-state index is 0.0465. The zero-order chi connectivity index (χ0) is 25.6. The Morgan fingerprint density at radius 3 is 2.35 bits per heavy atom. The van der Waals surface area contributed by atoms with E-state index in [4.69, 9.17) is 4.74 Å². The molecule has 0 aliphatic heterocycles. The summed E-state index contributed by atoms with van der Waals surface area (Å²) in [6.45, 7) is 12.4. The Morgan fingerprint density at radius 1 is 1.18 bits per heavy atom. The van der Waals surface area contributed by atoms with Gasteiger partial charge in [0.25, 0.3) is 0 Å². The average Bonchev–Trinajstić information content (AvgIpc) is 3.55. The lowest BCUT2D eigenvalue weighted by Gasteiger charge is -2.35. The fraction of sp³-hybridized carbons (Fsp3) is 0.654. The number of hydrogen-bond acceptors (Lipinski definition) is 5. The summed E-state index contributed by atoms with van der Waals surface area (Å²) in [7, 11) is 0. The molecule has 0 saturated heterocycles. The predicted molar refractivity (Wildman–Crippen MR) is 131 cm³/mol. The van der Waals surface area contributed by atoms with Crippen LogP contribution in [0.2, 0.25) is 0 Å². The highest BCUT2D eigenvalue weighted by atomic mass is 16.6. The molecule has 190 valence electrons. The Balaban J connectivity index is 2.43. The summed E-state index contributed by atoms with van der Waals surface area (Å²) in [6, 6.07) is 3.57. The van der Waals surface area contributed by atoms with Crippen LogP contribution in [0.25, 0.3) is 0 Å². The number of benzene rings is 1. The molecule has 1 fully saturated rings. The van der Waals surface area contributed by atoms with Crippen molar-refractivity contribution in [2.24, 2.45) is 0 Å². The fourth-order valence-corrected chi connectivity index (χ4v) is 3.98. The number of nitrogens with one attached hydrogen (secondary N) is 2. The van der Waals surface area contributed by atoms with Crippen LogP contribution in [0.5, 0.6) is 0 Å². The van der Waals surface area contributed by atoms with Crippen LogP contribution in [-0.4, -0.2) is 58.2 Å². The van der Waals surface area contributed by atoms with Gasteiger partial charge in [0, 0.05) is 12.1 Å². The molecule has 1 aliphatic carbocycles. The van der Waals surface area contributed by atoms with Gasteiger partial charge in [0.2, 0.25) is 11.8 Å². The average molecular weight is 476 g/mol. The Kier molecular flexibility index (Phi) is 9.50. The van der Waals surface area contributed by atoms with Crippen molar-refractivity contribution in [3.05, 3.63) is 34.9 Å². The van der Waals surface area contributed by atoms with Crippen molar-refractivity contribution in [2.75, 3.05) is 6.61 Å². The molecule has 3 N–H and O–H groups in total. The van der Waals surface area contributed by atoms with Crippen LogP contribution in [0.3, 0.4) is 0 Å². The first-order valence-corrected chi connectivity index (χ1v) is 12.2. The van der Waals surface area contributed by atoms with Crippen LogP contribution in [0.1, 0.15) is 83.0 Å². The molecular weight excluding hydrogens is 434 g/mol. The lowest BCUT2D eigenvalue weighted by molar-refractivity contribution is -0.144. The van der Waals surface area contributed by atoms with Crippen molar-refractivity contribution in [1.82, 2.24) is 15.5 Å². The zero-order valence-corrected chi connectivity index (χ0v) is 21.6. The van der Waals surface area contributed by atoms with Crippen molar-refractivity contribution >= 4 is 17.9 Å². The number of alkyl carbamates (subject to hydrolysis) is 1. The molecule has 34 heavy (non-hydrogen) atoms. The number of aryl methyl sites for hydroxylation is 2. The molecule has 0 radical (unpaired) electrons. The number of amides is 3. The molecule has 1 aromatic carbocycles. The number of aliphatic hydroxyl groups excluding tert-OH is 1. The van der Waals surface area contributed by atoms with Gasteiger partial charge in [-0.05, 0) is 71.9 Å². The normalized spacial score (nSPS) is 16.2. The van der Waals surface area contributed by atoms with Crippen LogP contribution >= 0.6 is 0 Å². The number of carbonyl (C=O) groups excluding carboxylic acids is 3. The molecule has 1 aliphatic rings. The first kappa shape index (κ1) is 27.6. The van der Waals surface area contributed by atoms with E-state index in [9.17, 15) is 19.5 Å². The third-order valence-electron chi connectivity index (χ3n) is 5.73. The van der Waals surface area contributed by atoms with E-state index in [1.165, 1.54) is 0 Å². The van der Waals surface area contributed by atoms with Crippen molar-refractivity contribution in [3.8, 4) is 0 Å². The third kappa shape index (κ3) is 7.72. The second kappa shape index (κ2) is 11.7.